The Kier molecular flexibility index (Phi) is 13.7. The van der Waals surface area contributed by atoms with Crippen LogP contribution in [0.2, 0.25) is 0 Å². The third-order valence-electron chi connectivity index (χ3n) is 4.69. The number of nitrogens with one attached hydrogen (secondary N) is 1. The van der Waals surface area contributed by atoms with Crippen LogP contribution in [0.1, 0.15) is 96.5 Å². The minimum Gasteiger partial charge on any atom is -0.504 e. The number of rotatable bonds is 16. The molecule has 0 atom stereocenters. The Labute approximate surface area is 170 Å². The van der Waals surface area contributed by atoms with E-state index in [0.717, 1.165) is 18.4 Å². The number of carbonyl (C=O) groups is 1. The molecule has 5 nitrogen and oxygen atoms in total. The predicted octanol–water partition coefficient (Wildman–Crippen LogP) is 5.94. The van der Waals surface area contributed by atoms with Crippen molar-refractivity contribution in [1.82, 2.24) is 5.43 Å². The molecular formula is C23H38N2O3. The van der Waals surface area contributed by atoms with Crippen LogP contribution in [0.25, 0.3) is 0 Å². The van der Waals surface area contributed by atoms with Crippen molar-refractivity contribution in [1.29, 1.82) is 0 Å². The van der Waals surface area contributed by atoms with Crippen LogP contribution in [-0.2, 0) is 4.79 Å². The molecule has 0 aliphatic heterocycles. The maximum Gasteiger partial charge on any atom is 0.240 e. The van der Waals surface area contributed by atoms with Gasteiger partial charge in [0.1, 0.15) is 0 Å². The van der Waals surface area contributed by atoms with Gasteiger partial charge in [-0.3, -0.25) is 4.79 Å². The summed E-state index contributed by atoms with van der Waals surface area (Å²) >= 11 is 0. The van der Waals surface area contributed by atoms with E-state index in [2.05, 4.69) is 17.5 Å². The summed E-state index contributed by atoms with van der Waals surface area (Å²) in [6, 6.07) is 4.97. The second-order valence-electron chi connectivity index (χ2n) is 7.24. The summed E-state index contributed by atoms with van der Waals surface area (Å²) in [6.07, 6.45) is 16.0. The highest BCUT2D eigenvalue weighted by atomic mass is 16.5. The molecule has 1 aromatic rings. The zero-order valence-electron chi connectivity index (χ0n) is 17.7. The summed E-state index contributed by atoms with van der Waals surface area (Å²) in [5.74, 6) is 0.453. The first-order valence-corrected chi connectivity index (χ1v) is 10.9. The van der Waals surface area contributed by atoms with Gasteiger partial charge in [0.15, 0.2) is 11.5 Å². The number of amides is 1. The molecule has 1 amide bonds. The van der Waals surface area contributed by atoms with Gasteiger partial charge in [-0.25, -0.2) is 5.43 Å². The van der Waals surface area contributed by atoms with Crippen molar-refractivity contribution in [2.45, 2.75) is 90.9 Å². The lowest BCUT2D eigenvalue weighted by molar-refractivity contribution is -0.121. The van der Waals surface area contributed by atoms with Crippen molar-refractivity contribution in [3.05, 3.63) is 23.8 Å². The molecule has 2 N–H and O–H groups in total. The quantitative estimate of drug-likeness (QED) is 0.208. The molecule has 28 heavy (non-hydrogen) atoms. The zero-order chi connectivity index (χ0) is 20.5. The van der Waals surface area contributed by atoms with Crippen LogP contribution < -0.4 is 10.2 Å². The Morgan fingerprint density at radius 1 is 1.00 bits per heavy atom. The SMILES string of the molecule is CCCCCCCCCCCCCC(=O)N/N=C\c1ccc(O)c(OCC)c1. The smallest absolute Gasteiger partial charge is 0.240 e. The number of hydrogen-bond donors (Lipinski definition) is 2. The van der Waals surface area contributed by atoms with E-state index in [9.17, 15) is 9.90 Å². The molecule has 0 aromatic heterocycles. The highest BCUT2D eigenvalue weighted by Crippen LogP contribution is 2.26. The van der Waals surface area contributed by atoms with E-state index < -0.39 is 0 Å². The minimum absolute atomic E-state index is 0.0593. The van der Waals surface area contributed by atoms with E-state index in [-0.39, 0.29) is 11.7 Å². The lowest BCUT2D eigenvalue weighted by atomic mass is 10.1. The highest BCUT2D eigenvalue weighted by molar-refractivity contribution is 5.83. The number of nitrogens with zero attached hydrogens (tertiary/aromatic N) is 1. The lowest BCUT2D eigenvalue weighted by Crippen LogP contribution is -2.16. The van der Waals surface area contributed by atoms with E-state index >= 15 is 0 Å². The average Bonchev–Trinajstić information content (AvgIpc) is 2.69. The number of phenolic OH excluding ortho intramolecular Hbond substituents is 1. The summed E-state index contributed by atoms with van der Waals surface area (Å²) < 4.78 is 5.33. The number of phenols is 1. The molecule has 0 bridgehead atoms. The van der Waals surface area contributed by atoms with E-state index in [1.54, 1.807) is 24.4 Å². The molecule has 158 valence electrons. The lowest BCUT2D eigenvalue weighted by Gasteiger charge is -2.06. The van der Waals surface area contributed by atoms with Crippen molar-refractivity contribution in [2.75, 3.05) is 6.61 Å². The Hall–Kier alpha value is -2.04. The molecule has 1 rings (SSSR count). The van der Waals surface area contributed by atoms with Gasteiger partial charge in [0.25, 0.3) is 0 Å². The molecule has 5 heteroatoms. The number of unbranched alkanes of at least 4 members (excludes halogenated alkanes) is 10. The number of hydrazone groups is 1. The zero-order valence-corrected chi connectivity index (χ0v) is 17.7. The molecule has 1 aromatic carbocycles. The van der Waals surface area contributed by atoms with Gasteiger partial charge in [0.2, 0.25) is 5.91 Å². The third kappa shape index (κ3) is 11.6. The fourth-order valence-corrected chi connectivity index (χ4v) is 3.07. The Morgan fingerprint density at radius 2 is 1.61 bits per heavy atom. The summed E-state index contributed by atoms with van der Waals surface area (Å²) in [5, 5.41) is 13.7. The maximum absolute atomic E-state index is 11.8. The van der Waals surface area contributed by atoms with Crippen molar-refractivity contribution in [3.63, 3.8) is 0 Å². The monoisotopic (exact) mass is 390 g/mol. The normalized spacial score (nSPS) is 11.1. The predicted molar refractivity (Wildman–Crippen MR) is 116 cm³/mol. The number of carbonyl (C=O) groups excluding carboxylic acids is 1. The van der Waals surface area contributed by atoms with Gasteiger partial charge in [-0.1, -0.05) is 71.1 Å². The van der Waals surface area contributed by atoms with Gasteiger partial charge in [0.05, 0.1) is 12.8 Å². The largest absolute Gasteiger partial charge is 0.504 e. The van der Waals surface area contributed by atoms with Crippen molar-refractivity contribution in [2.24, 2.45) is 5.10 Å². The molecule has 0 aliphatic carbocycles. The number of benzene rings is 1. The third-order valence-corrected chi connectivity index (χ3v) is 4.69. The topological polar surface area (TPSA) is 70.9 Å². The van der Waals surface area contributed by atoms with Gasteiger partial charge in [0, 0.05) is 6.42 Å². The van der Waals surface area contributed by atoms with E-state index in [1.165, 1.54) is 57.8 Å². The van der Waals surface area contributed by atoms with Crippen molar-refractivity contribution < 1.29 is 14.6 Å². The van der Waals surface area contributed by atoms with Crippen LogP contribution in [0, 0.1) is 0 Å². The second kappa shape index (κ2) is 16.0. The molecule has 0 spiro atoms. The molecule has 0 fully saturated rings. The Balaban J connectivity index is 2.06. The first kappa shape index (κ1) is 24.0. The van der Waals surface area contributed by atoms with Gasteiger partial charge in [-0.15, -0.1) is 0 Å². The van der Waals surface area contributed by atoms with Crippen LogP contribution in [0.15, 0.2) is 23.3 Å². The standard InChI is InChI=1S/C23H38N2O3/c1-3-5-6-7-8-9-10-11-12-13-14-15-23(27)25-24-19-20-16-17-21(26)22(18-20)28-4-2/h16-19,26H,3-15H2,1-2H3,(H,25,27)/b24-19-. The van der Waals surface area contributed by atoms with Crippen molar-refractivity contribution in [3.8, 4) is 11.5 Å². The minimum atomic E-state index is -0.0593. The van der Waals surface area contributed by atoms with Crippen LogP contribution in [0.4, 0.5) is 0 Å². The number of hydrogen-bond acceptors (Lipinski definition) is 4. The molecular weight excluding hydrogens is 352 g/mol. The summed E-state index contributed by atoms with van der Waals surface area (Å²) in [5.41, 5.74) is 3.32. The molecule has 0 radical (unpaired) electrons. The van der Waals surface area contributed by atoms with Crippen LogP contribution >= 0.6 is 0 Å². The second-order valence-corrected chi connectivity index (χ2v) is 7.24. The maximum atomic E-state index is 11.8. The van der Waals surface area contributed by atoms with Gasteiger partial charge < -0.3 is 9.84 Å². The average molecular weight is 391 g/mol. The van der Waals surface area contributed by atoms with Crippen molar-refractivity contribution >= 4 is 12.1 Å². The first-order chi connectivity index (χ1) is 13.7. The molecule has 0 heterocycles. The molecule has 0 saturated heterocycles. The van der Waals surface area contributed by atoms with Crippen LogP contribution in [0.3, 0.4) is 0 Å². The molecule has 0 saturated carbocycles. The first-order valence-electron chi connectivity index (χ1n) is 10.9. The van der Waals surface area contributed by atoms with E-state index in [4.69, 9.17) is 4.74 Å². The number of ether oxygens (including phenoxy) is 1. The fraction of sp³-hybridized carbons (Fsp3) is 0.652. The van der Waals surface area contributed by atoms with Crippen LogP contribution in [0.5, 0.6) is 11.5 Å². The fourth-order valence-electron chi connectivity index (χ4n) is 3.07. The summed E-state index contributed by atoms with van der Waals surface area (Å²) in [4.78, 5) is 11.8. The van der Waals surface area contributed by atoms with Gasteiger partial charge >= 0.3 is 0 Å². The van der Waals surface area contributed by atoms with Crippen LogP contribution in [-0.4, -0.2) is 23.8 Å². The summed E-state index contributed by atoms with van der Waals surface area (Å²) in [6.45, 7) is 4.58. The Bertz CT molecular complexity index is 573. The molecule has 0 aliphatic rings. The molecule has 0 unspecified atom stereocenters. The Morgan fingerprint density at radius 3 is 2.21 bits per heavy atom. The highest BCUT2D eigenvalue weighted by Gasteiger charge is 2.03. The van der Waals surface area contributed by atoms with Gasteiger partial charge in [-0.05, 0) is 37.1 Å². The number of aromatic hydroxyl groups is 1. The van der Waals surface area contributed by atoms with E-state index in [1.807, 2.05) is 6.92 Å². The van der Waals surface area contributed by atoms with Gasteiger partial charge in [-0.2, -0.15) is 5.10 Å². The van der Waals surface area contributed by atoms with E-state index in [0.29, 0.717) is 18.8 Å². The summed E-state index contributed by atoms with van der Waals surface area (Å²) in [7, 11) is 0.